The van der Waals surface area contributed by atoms with Crippen LogP contribution in [-0.2, 0) is 99.6 Å². The molecule has 0 aliphatic heterocycles. The van der Waals surface area contributed by atoms with Crippen LogP contribution in [0, 0.1) is 58.9 Å². The minimum Gasteiger partial charge on any atom is -0.516 e. The van der Waals surface area contributed by atoms with Crippen LogP contribution in [0.4, 0.5) is 0 Å². The topological polar surface area (TPSA) is 284 Å². The van der Waals surface area contributed by atoms with Crippen LogP contribution < -0.4 is 42.6 Å². The Hall–Kier alpha value is -11.0. The Balaban J connectivity index is 0.000000709. The van der Waals surface area contributed by atoms with Crippen molar-refractivity contribution in [3.63, 3.8) is 0 Å². The summed E-state index contributed by atoms with van der Waals surface area (Å²) in [5.74, 6) is 6.26. The third-order valence-electron chi connectivity index (χ3n) is 15.9. The summed E-state index contributed by atoms with van der Waals surface area (Å²) >= 11 is 0. The van der Waals surface area contributed by atoms with E-state index in [0.717, 1.165) is 128 Å². The second kappa shape index (κ2) is 53.5. The van der Waals surface area contributed by atoms with Crippen molar-refractivity contribution in [1.29, 1.82) is 0 Å². The van der Waals surface area contributed by atoms with Crippen LogP contribution in [0.2, 0.25) is 0 Å². The fraction of sp³-hybridized carbons (Fsp3) is 0.234. The van der Waals surface area contributed by atoms with Crippen molar-refractivity contribution in [3.8, 4) is 96.8 Å². The van der Waals surface area contributed by atoms with Gasteiger partial charge in [-0.3, -0.25) is 39.1 Å². The van der Waals surface area contributed by atoms with Gasteiger partial charge in [0, 0.05) is 168 Å². The van der Waals surface area contributed by atoms with Crippen molar-refractivity contribution in [3.05, 3.63) is 257 Å². The first kappa shape index (κ1) is 106. The Morgan fingerprint density at radius 2 is 0.664 bits per heavy atom. The summed E-state index contributed by atoms with van der Waals surface area (Å²) in [7, 11) is 14.7. The second-order valence-corrected chi connectivity index (χ2v) is 25.8. The number of methoxy groups -OCH3 is 9. The largest absolute Gasteiger partial charge is 0.516 e. The number of aromatic nitrogens is 4. The number of nitrogens with zero attached hydrogens (tertiary/aromatic N) is 4. The van der Waals surface area contributed by atoms with Crippen molar-refractivity contribution < 1.29 is 163 Å². The number of hydrogen-bond donors (Lipinski definition) is 4. The van der Waals surface area contributed by atoms with Crippen LogP contribution in [0.3, 0.4) is 0 Å². The van der Waals surface area contributed by atoms with Gasteiger partial charge in [0.25, 0.3) is 0 Å². The SMILES string of the molecule is CC(=O)C=C(C)O.CC(=O)C=C(C)O.CC(=O)C=C(C)O.CC(=O)C=C(C)O.COc1cc(OC)c2ccc(-c3[c-]c(C)ccc3C)nc2c1.COc1cc2ccc(-c3[c-]c(C)cc(C)c3)nc2cc1OC.COc1cc2ccc(-c3[c-]ccc(C)c3)nc2cc1OC.COc1cc[c-]c(-c2ccc3c(OC)cc(OC)cc3n2)c1.[Ir].[Ir].[Ir].[Ir]. The predicted molar refractivity (Wildman–Crippen MR) is 455 cm³/mol. The van der Waals surface area contributed by atoms with Crippen LogP contribution in [-0.4, -0.2) is 127 Å². The van der Waals surface area contributed by atoms with Crippen LogP contribution in [0.5, 0.6) is 51.7 Å². The average molecular weight is 2330 g/mol. The quantitative estimate of drug-likeness (QED) is 0.0374. The fourth-order valence-electron chi connectivity index (χ4n) is 11.0. The molecule has 0 saturated heterocycles. The number of aliphatic hydroxyl groups is 4. The van der Waals surface area contributed by atoms with Crippen molar-refractivity contribution in [1.82, 2.24) is 19.9 Å². The van der Waals surface area contributed by atoms with Crippen LogP contribution in [0.25, 0.3) is 88.6 Å². The number of aryl methyl sites for hydroxylation is 5. The predicted octanol–water partition coefficient (Wildman–Crippen LogP) is 20.6. The van der Waals surface area contributed by atoms with E-state index in [1.165, 1.54) is 90.8 Å². The van der Waals surface area contributed by atoms with E-state index in [9.17, 15) is 19.2 Å². The summed E-state index contributed by atoms with van der Waals surface area (Å²) in [6.45, 7) is 21.7. The number of hydrogen-bond acceptors (Lipinski definition) is 21. The van der Waals surface area contributed by atoms with Gasteiger partial charge in [-0.2, -0.15) is 0 Å². The van der Waals surface area contributed by atoms with E-state index in [0.29, 0.717) is 28.7 Å². The van der Waals surface area contributed by atoms with Crippen LogP contribution >= 0.6 is 0 Å². The molecule has 12 rings (SSSR count). The Morgan fingerprint density at radius 3 is 1.03 bits per heavy atom. The molecule has 12 aromatic rings. The minimum absolute atomic E-state index is 0. The molecule has 119 heavy (non-hydrogen) atoms. The van der Waals surface area contributed by atoms with E-state index in [-0.39, 0.29) is 127 Å². The van der Waals surface area contributed by atoms with Gasteiger partial charge in [-0.25, -0.2) is 0 Å². The Bertz CT molecular complexity index is 5370. The van der Waals surface area contributed by atoms with E-state index < -0.39 is 0 Å². The molecule has 0 aliphatic rings. The molecule has 0 fully saturated rings. The zero-order valence-corrected chi connectivity index (χ0v) is 80.1. The molecule has 0 saturated carbocycles. The number of carbonyl (C=O) groups is 4. The molecule has 4 heterocycles. The van der Waals surface area contributed by atoms with Gasteiger partial charge in [-0.15, -0.1) is 135 Å². The molecule has 0 spiro atoms. The summed E-state index contributed by atoms with van der Waals surface area (Å²) in [5.41, 5.74) is 16.6. The van der Waals surface area contributed by atoms with Gasteiger partial charge in [-0.1, -0.05) is 83.1 Å². The molecule has 0 bridgehead atoms. The number of rotatable bonds is 17. The number of ketones is 4. The van der Waals surface area contributed by atoms with E-state index in [1.807, 2.05) is 141 Å². The molecule has 25 heteroatoms. The van der Waals surface area contributed by atoms with Gasteiger partial charge < -0.3 is 63.1 Å². The number of ether oxygens (including phenoxy) is 9. The van der Waals surface area contributed by atoms with Gasteiger partial charge in [0.2, 0.25) is 0 Å². The number of aliphatic hydroxyl groups excluding tert-OH is 4. The van der Waals surface area contributed by atoms with E-state index >= 15 is 0 Å². The Labute approximate surface area is 751 Å². The molecule has 4 N–H and O–H groups in total. The average Bonchev–Trinajstić information content (AvgIpc) is 0.809. The van der Waals surface area contributed by atoms with Gasteiger partial charge in [0.05, 0.1) is 109 Å². The Morgan fingerprint density at radius 1 is 0.311 bits per heavy atom. The summed E-state index contributed by atoms with van der Waals surface area (Å²) in [4.78, 5) is 59.0. The minimum atomic E-state index is -0.125. The molecule has 4 aromatic heterocycles. The third-order valence-corrected chi connectivity index (χ3v) is 15.9. The fourth-order valence-corrected chi connectivity index (χ4v) is 11.0. The summed E-state index contributed by atoms with van der Waals surface area (Å²) < 4.78 is 48.0. The van der Waals surface area contributed by atoms with E-state index in [1.54, 1.807) is 64.0 Å². The van der Waals surface area contributed by atoms with Crippen molar-refractivity contribution in [2.24, 2.45) is 0 Å². The zero-order valence-electron chi connectivity index (χ0n) is 70.5. The molecule has 8 aromatic carbocycles. The number of fused-ring (bicyclic) bond motifs is 4. The van der Waals surface area contributed by atoms with Gasteiger partial charge >= 0.3 is 0 Å². The maximum atomic E-state index is 10.0. The third kappa shape index (κ3) is 34.9. The molecule has 0 atom stereocenters. The first-order chi connectivity index (χ1) is 54.7. The summed E-state index contributed by atoms with van der Waals surface area (Å²) in [6.07, 6.45) is 4.67. The van der Waals surface area contributed by atoms with Gasteiger partial charge in [-0.05, 0) is 90.3 Å². The number of pyridine rings is 4. The molecule has 21 nitrogen and oxygen atoms in total. The van der Waals surface area contributed by atoms with Gasteiger partial charge in [0.15, 0.2) is 46.1 Å². The smallest absolute Gasteiger partial charge is 0.162 e. The van der Waals surface area contributed by atoms with Crippen molar-refractivity contribution in [2.75, 3.05) is 64.0 Å². The first-order valence-corrected chi connectivity index (χ1v) is 35.9. The second-order valence-electron chi connectivity index (χ2n) is 25.8. The number of benzene rings is 8. The van der Waals surface area contributed by atoms with Crippen molar-refractivity contribution in [2.45, 2.75) is 90.0 Å². The van der Waals surface area contributed by atoms with Gasteiger partial charge in [0.1, 0.15) is 23.0 Å². The molecule has 638 valence electrons. The molecule has 4 radical (unpaired) electrons. The summed E-state index contributed by atoms with van der Waals surface area (Å²) in [6, 6.07) is 64.4. The van der Waals surface area contributed by atoms with Crippen molar-refractivity contribution >= 4 is 66.7 Å². The Kier molecular flexibility index (Phi) is 47.6. The van der Waals surface area contributed by atoms with E-state index in [2.05, 4.69) is 75.4 Å². The molecule has 0 unspecified atom stereocenters. The normalized spacial score (nSPS) is 10.5. The molecular formula is C94H100Ir4N4O17-4. The monoisotopic (exact) mass is 2330 g/mol. The van der Waals surface area contributed by atoms with Crippen LogP contribution in [0.15, 0.2) is 205 Å². The maximum Gasteiger partial charge on any atom is 0.162 e. The number of allylic oxidation sites excluding steroid dienone is 8. The maximum absolute atomic E-state index is 10.0. The zero-order chi connectivity index (χ0) is 85.2. The molecule has 0 amide bonds. The summed E-state index contributed by atoms with van der Waals surface area (Å²) in [5, 5.41) is 37.4. The van der Waals surface area contributed by atoms with Crippen LogP contribution in [0.1, 0.15) is 83.2 Å². The molecular weight excluding hydrogens is 2230 g/mol. The standard InChI is InChI=1S/2C19H18NO2.C18H16NO3.C18H16NO2.4C5H8O2.4Ir/c1-12-7-13(2)9-15(8-12)16-6-5-14-10-18(21-3)19(22-4)11-17(14)20-16;1-12-5-6-13(2)16(9-12)17-8-7-15-18(20-17)10-14(21-3)11-19(15)22-4;1-20-13-6-4-5-12(9-13)16-8-7-15-17(19-16)10-14(21-2)11-18(15)22-3;1-12-5-4-6-13(9-12)15-8-7-14-10-17(20-2)18(21-3)11-16(14)19-15;4*1-4(6)3-5(2)7;;;;/h2*5-8,10-11H,1-4H3;4,6-11H,1-3H3;4-5,7-11H,1-3H3;4*3,6H,1-2H3;;;;/q4*-1;;;;;;;;. The number of carbonyl (C=O) groups excluding carboxylic acids is 4. The van der Waals surface area contributed by atoms with E-state index in [4.69, 9.17) is 83.0 Å². The molecule has 0 aliphatic carbocycles. The first-order valence-electron chi connectivity index (χ1n) is 35.9.